The Morgan fingerprint density at radius 3 is 1.79 bits per heavy atom. The highest BCUT2D eigenvalue weighted by atomic mass is 79.9. The maximum atomic E-state index is 13.2. The molecule has 0 radical (unpaired) electrons. The van der Waals surface area contributed by atoms with Gasteiger partial charge in [0.1, 0.15) is 5.60 Å². The van der Waals surface area contributed by atoms with Crippen LogP contribution in [0.3, 0.4) is 0 Å². The van der Waals surface area contributed by atoms with E-state index >= 15 is 0 Å². The second kappa shape index (κ2) is 14.0. The summed E-state index contributed by atoms with van der Waals surface area (Å²) in [5.41, 5.74) is 5.22. The predicted molar refractivity (Wildman–Crippen MR) is 187 cm³/mol. The predicted octanol–water partition coefficient (Wildman–Crippen LogP) is 5.00. The van der Waals surface area contributed by atoms with E-state index in [9.17, 15) is 21.6 Å². The molecule has 6 rings (SSSR count). The molecule has 3 N–H and O–H groups in total. The number of ether oxygens (including phenoxy) is 1. The number of amides is 1. The fourth-order valence-electron chi connectivity index (χ4n) is 5.54. The zero-order chi connectivity index (χ0) is 34.1. The summed E-state index contributed by atoms with van der Waals surface area (Å²) in [7, 11) is -7.23. The van der Waals surface area contributed by atoms with Gasteiger partial charge in [-0.3, -0.25) is 9.97 Å². The molecule has 2 aliphatic heterocycles. The lowest BCUT2D eigenvalue weighted by molar-refractivity contribution is 0.0507. The van der Waals surface area contributed by atoms with Crippen LogP contribution >= 0.6 is 31.9 Å². The van der Waals surface area contributed by atoms with Gasteiger partial charge in [0.15, 0.2) is 0 Å². The number of nitrogens with two attached hydrogens (primary N) is 1. The van der Waals surface area contributed by atoms with Crippen molar-refractivity contribution in [3.8, 4) is 0 Å². The largest absolute Gasteiger partial charge is 0.444 e. The van der Waals surface area contributed by atoms with Gasteiger partial charge in [-0.1, -0.05) is 24.3 Å². The molecule has 1 amide bonds. The molecule has 4 heterocycles. The number of rotatable bonds is 5. The molecule has 12 nitrogen and oxygen atoms in total. The van der Waals surface area contributed by atoms with Gasteiger partial charge >= 0.3 is 6.09 Å². The van der Waals surface area contributed by atoms with E-state index in [0.29, 0.717) is 57.1 Å². The van der Waals surface area contributed by atoms with Gasteiger partial charge in [0, 0.05) is 93.5 Å². The standard InChI is InChI=1S/C18H22BrN3O4S.C13H14BrN3O2S/c1-18(2,3)26-17(23)21-13-7-8-22(11-13)27(24,25)15-6-4-5-12-9-20-10-14(19)16(12)15;14-11-7-16-6-9-2-1-3-12(13(9)11)20(18,19)17-5-4-10(15)8-17/h4-6,9-10,13H,7-8,11H2,1-3H3,(H,21,23);1-3,6-7,10H,4-5,8,15H2/t13-;10-/m00/s1. The molecule has 0 spiro atoms. The third-order valence-electron chi connectivity index (χ3n) is 7.69. The quantitative estimate of drug-likeness (QED) is 0.282. The second-order valence-corrected chi connectivity index (χ2v) is 17.9. The number of carbonyl (C=O) groups excluding carboxylic acids is 1. The number of carbonyl (C=O) groups is 1. The Hall–Kier alpha value is -2.73. The van der Waals surface area contributed by atoms with Gasteiger partial charge < -0.3 is 15.8 Å². The first-order valence-electron chi connectivity index (χ1n) is 14.9. The second-order valence-electron chi connectivity index (χ2n) is 12.4. The van der Waals surface area contributed by atoms with Crippen molar-refractivity contribution in [3.05, 3.63) is 70.1 Å². The third kappa shape index (κ3) is 7.95. The molecule has 252 valence electrons. The molecule has 47 heavy (non-hydrogen) atoms. The summed E-state index contributed by atoms with van der Waals surface area (Å²) < 4.78 is 61.4. The molecule has 0 unspecified atom stereocenters. The Kier molecular flexibility index (Phi) is 10.6. The number of sulfonamides is 2. The van der Waals surface area contributed by atoms with Crippen LogP contribution in [0.1, 0.15) is 33.6 Å². The van der Waals surface area contributed by atoms with E-state index in [2.05, 4.69) is 47.1 Å². The smallest absolute Gasteiger partial charge is 0.407 e. The average molecular weight is 813 g/mol. The molecule has 4 aromatic rings. The topological polar surface area (TPSA) is 165 Å². The lowest BCUT2D eigenvalue weighted by atomic mass is 10.2. The number of fused-ring (bicyclic) bond motifs is 2. The van der Waals surface area contributed by atoms with Crippen molar-refractivity contribution in [1.82, 2.24) is 23.9 Å². The minimum atomic E-state index is -3.71. The van der Waals surface area contributed by atoms with Crippen molar-refractivity contribution >= 4 is 79.5 Å². The first-order valence-corrected chi connectivity index (χ1v) is 19.3. The van der Waals surface area contributed by atoms with Crippen LogP contribution in [0.4, 0.5) is 4.79 Å². The van der Waals surface area contributed by atoms with Crippen LogP contribution in [0, 0.1) is 0 Å². The van der Waals surface area contributed by atoms with Gasteiger partial charge in [-0.15, -0.1) is 0 Å². The lowest BCUT2D eigenvalue weighted by Crippen LogP contribution is -2.41. The zero-order valence-corrected chi connectivity index (χ0v) is 30.9. The van der Waals surface area contributed by atoms with Gasteiger partial charge in [0.05, 0.1) is 9.79 Å². The number of aromatic nitrogens is 2. The average Bonchev–Trinajstić information content (AvgIpc) is 3.66. The number of hydrogen-bond donors (Lipinski definition) is 2. The summed E-state index contributed by atoms with van der Waals surface area (Å²) in [4.78, 5) is 20.6. The van der Waals surface area contributed by atoms with Crippen molar-refractivity contribution in [2.24, 2.45) is 5.73 Å². The molecule has 2 aromatic carbocycles. The van der Waals surface area contributed by atoms with E-state index in [1.807, 2.05) is 12.1 Å². The van der Waals surface area contributed by atoms with Crippen LogP contribution in [0.15, 0.2) is 79.9 Å². The first-order chi connectivity index (χ1) is 22.1. The monoisotopic (exact) mass is 810 g/mol. The summed E-state index contributed by atoms with van der Waals surface area (Å²) >= 11 is 6.79. The maximum absolute atomic E-state index is 13.2. The summed E-state index contributed by atoms with van der Waals surface area (Å²) in [5, 5.41) is 5.57. The van der Waals surface area contributed by atoms with E-state index in [0.717, 1.165) is 10.8 Å². The number of nitrogens with zero attached hydrogens (tertiary/aromatic N) is 4. The Morgan fingerprint density at radius 2 is 1.32 bits per heavy atom. The van der Waals surface area contributed by atoms with Crippen molar-refractivity contribution in [1.29, 1.82) is 0 Å². The number of benzene rings is 2. The molecule has 0 bridgehead atoms. The highest BCUT2D eigenvalue weighted by molar-refractivity contribution is 9.11. The van der Waals surface area contributed by atoms with Gasteiger partial charge in [0.2, 0.25) is 20.0 Å². The van der Waals surface area contributed by atoms with Gasteiger partial charge in [0.25, 0.3) is 0 Å². The molecular formula is C31H36Br2N6O6S2. The van der Waals surface area contributed by atoms with E-state index < -0.39 is 31.7 Å². The van der Waals surface area contributed by atoms with Crippen LogP contribution in [0.25, 0.3) is 21.5 Å². The Labute approximate surface area is 291 Å². The summed E-state index contributed by atoms with van der Waals surface area (Å²) in [6.07, 6.45) is 7.18. The summed E-state index contributed by atoms with van der Waals surface area (Å²) in [6, 6.07) is 9.98. The molecule has 2 aromatic heterocycles. The van der Waals surface area contributed by atoms with Crippen LogP contribution in [0.5, 0.6) is 0 Å². The molecular weight excluding hydrogens is 776 g/mol. The Bertz CT molecular complexity index is 2010. The molecule has 0 aliphatic carbocycles. The van der Waals surface area contributed by atoms with Gasteiger partial charge in [-0.2, -0.15) is 8.61 Å². The minimum absolute atomic E-state index is 0.0788. The Balaban J connectivity index is 0.000000193. The molecule has 2 fully saturated rings. The molecule has 16 heteroatoms. The SMILES string of the molecule is CC(C)(C)OC(=O)N[C@H]1CCN(S(=O)(=O)c2cccc3cncc(Br)c23)C1.N[C@H]1CCN(S(=O)(=O)c2cccc3cncc(Br)c23)C1. The molecule has 2 saturated heterocycles. The molecule has 0 saturated carbocycles. The highest BCUT2D eigenvalue weighted by Crippen LogP contribution is 2.33. The highest BCUT2D eigenvalue weighted by Gasteiger charge is 2.35. The summed E-state index contributed by atoms with van der Waals surface area (Å²) in [6.45, 7) is 6.74. The fraction of sp³-hybridized carbons (Fsp3) is 0.387. The minimum Gasteiger partial charge on any atom is -0.444 e. The third-order valence-corrected chi connectivity index (χ3v) is 12.7. The van der Waals surface area contributed by atoms with E-state index in [1.165, 1.54) is 8.61 Å². The number of pyridine rings is 2. The van der Waals surface area contributed by atoms with E-state index in [-0.39, 0.29) is 23.5 Å². The number of hydrogen-bond acceptors (Lipinski definition) is 9. The first kappa shape index (κ1) is 35.6. The lowest BCUT2D eigenvalue weighted by Gasteiger charge is -2.22. The van der Waals surface area contributed by atoms with Crippen molar-refractivity contribution in [2.45, 2.75) is 61.1 Å². The molecule has 2 aliphatic rings. The van der Waals surface area contributed by atoms with E-state index in [4.69, 9.17) is 10.5 Å². The van der Waals surface area contributed by atoms with Crippen LogP contribution in [-0.4, -0.2) is 85.4 Å². The van der Waals surface area contributed by atoms with Crippen LogP contribution in [-0.2, 0) is 24.8 Å². The Morgan fingerprint density at radius 1 is 0.830 bits per heavy atom. The van der Waals surface area contributed by atoms with Gasteiger partial charge in [-0.25, -0.2) is 21.6 Å². The van der Waals surface area contributed by atoms with Crippen molar-refractivity contribution in [2.75, 3.05) is 26.2 Å². The van der Waals surface area contributed by atoms with Crippen molar-refractivity contribution in [3.63, 3.8) is 0 Å². The zero-order valence-electron chi connectivity index (χ0n) is 26.1. The summed E-state index contributed by atoms with van der Waals surface area (Å²) in [5.74, 6) is 0. The molecule has 2 atom stereocenters. The normalized spacial score (nSPS) is 19.4. The maximum Gasteiger partial charge on any atom is 0.407 e. The van der Waals surface area contributed by atoms with Crippen molar-refractivity contribution < 1.29 is 26.4 Å². The fourth-order valence-corrected chi connectivity index (χ4v) is 10.4. The van der Waals surface area contributed by atoms with E-state index in [1.54, 1.807) is 69.8 Å². The van der Waals surface area contributed by atoms with Crippen LogP contribution < -0.4 is 11.1 Å². The van der Waals surface area contributed by atoms with Crippen LogP contribution in [0.2, 0.25) is 0 Å². The number of alkyl carbamates (subject to hydrolysis) is 1. The van der Waals surface area contributed by atoms with Gasteiger partial charge in [-0.05, 0) is 77.6 Å². The number of nitrogens with one attached hydrogen (secondary N) is 1. The number of halogens is 2.